The Morgan fingerprint density at radius 3 is 2.34 bits per heavy atom. The third-order valence-electron chi connectivity index (χ3n) is 7.69. The third-order valence-corrected chi connectivity index (χ3v) is 7.92. The summed E-state index contributed by atoms with van der Waals surface area (Å²) in [6.07, 6.45) is -1.28. The topological polar surface area (TPSA) is 106 Å². The van der Waals surface area contributed by atoms with Crippen LogP contribution >= 0.6 is 11.6 Å². The van der Waals surface area contributed by atoms with Gasteiger partial charge in [0.15, 0.2) is 0 Å². The van der Waals surface area contributed by atoms with Gasteiger partial charge in [0.2, 0.25) is 5.91 Å². The van der Waals surface area contributed by atoms with Crippen LogP contribution in [0.1, 0.15) is 62.8 Å². The van der Waals surface area contributed by atoms with Crippen LogP contribution in [-0.2, 0) is 19.1 Å². The molecule has 0 saturated carbocycles. The van der Waals surface area contributed by atoms with E-state index in [-0.39, 0.29) is 23.7 Å². The highest BCUT2D eigenvalue weighted by Crippen LogP contribution is 2.45. The summed E-state index contributed by atoms with van der Waals surface area (Å²) in [5.41, 5.74) is 2.55. The van der Waals surface area contributed by atoms with Gasteiger partial charge in [-0.25, -0.2) is 0 Å². The Balaban J connectivity index is 1.78. The van der Waals surface area contributed by atoms with Crippen LogP contribution in [0.5, 0.6) is 11.5 Å². The molecule has 2 unspecified atom stereocenters. The van der Waals surface area contributed by atoms with E-state index < -0.39 is 24.1 Å². The molecule has 2 amide bonds. The second-order valence-electron chi connectivity index (χ2n) is 11.9. The first-order valence-corrected chi connectivity index (χ1v) is 14.2. The van der Waals surface area contributed by atoms with Gasteiger partial charge in [-0.15, -0.1) is 0 Å². The number of carbonyl (C=O) groups is 3. The zero-order valence-corrected chi connectivity index (χ0v) is 25.3. The summed E-state index contributed by atoms with van der Waals surface area (Å²) < 4.78 is 17.9. The average Bonchev–Trinajstić information content (AvgIpc) is 3.02. The van der Waals surface area contributed by atoms with Gasteiger partial charge in [0.25, 0.3) is 5.91 Å². The van der Waals surface area contributed by atoms with Crippen molar-refractivity contribution in [2.24, 2.45) is 11.3 Å². The minimum Gasteiger partial charge on any atom is -0.496 e. The number of methoxy groups -OCH3 is 2. The number of piperidine rings is 1. The lowest BCUT2D eigenvalue weighted by atomic mass is 9.93. The number of nitrogens with zero attached hydrogens (tertiary/aromatic N) is 2. The van der Waals surface area contributed by atoms with Crippen molar-refractivity contribution in [3.05, 3.63) is 52.0 Å². The van der Waals surface area contributed by atoms with E-state index in [2.05, 4.69) is 0 Å². The van der Waals surface area contributed by atoms with Gasteiger partial charge in [0.05, 0.1) is 26.6 Å². The molecule has 2 aromatic rings. The molecule has 0 radical (unpaired) electrons. The highest BCUT2D eigenvalue weighted by atomic mass is 35.5. The van der Waals surface area contributed by atoms with Crippen LogP contribution in [0.25, 0.3) is 0 Å². The summed E-state index contributed by atoms with van der Waals surface area (Å²) in [5, 5.41) is 9.84. The smallest absolute Gasteiger partial charge is 0.306 e. The second-order valence-corrected chi connectivity index (χ2v) is 12.3. The number of hydrogen-bond donors (Lipinski definition) is 1. The SMILES string of the molecule is COc1ccc(C2OC(CC(=O)N3CCC(C(=O)O)CC3)C(=O)N(CC(C)(C)C)c3ccc(Cl)cc32)c(OC)c1C. The molecule has 2 atom stereocenters. The zero-order valence-electron chi connectivity index (χ0n) is 24.5. The highest BCUT2D eigenvalue weighted by molar-refractivity contribution is 6.30. The minimum atomic E-state index is -1.09. The number of halogens is 1. The molecule has 0 aliphatic carbocycles. The van der Waals surface area contributed by atoms with Gasteiger partial charge < -0.3 is 29.1 Å². The lowest BCUT2D eigenvalue weighted by Gasteiger charge is -2.33. The molecule has 2 aliphatic heterocycles. The lowest BCUT2D eigenvalue weighted by molar-refractivity contribution is -0.148. The molecular weight excluding hydrogens is 548 g/mol. The number of anilines is 1. The van der Waals surface area contributed by atoms with Crippen LogP contribution in [0.4, 0.5) is 5.69 Å². The molecule has 4 rings (SSSR count). The first-order chi connectivity index (χ1) is 19.3. The maximum atomic E-state index is 14.2. The molecule has 0 bridgehead atoms. The van der Waals surface area contributed by atoms with Crippen molar-refractivity contribution in [1.29, 1.82) is 0 Å². The normalized spacial score (nSPS) is 19.9. The maximum Gasteiger partial charge on any atom is 0.306 e. The molecule has 1 fully saturated rings. The second kappa shape index (κ2) is 12.3. The van der Waals surface area contributed by atoms with Gasteiger partial charge in [0.1, 0.15) is 23.7 Å². The molecule has 0 aromatic heterocycles. The van der Waals surface area contributed by atoms with Gasteiger partial charge in [-0.1, -0.05) is 32.4 Å². The number of likely N-dealkylation sites (tertiary alicyclic amines) is 1. The number of carboxylic acid groups (broad SMARTS) is 1. The minimum absolute atomic E-state index is 0.174. The summed E-state index contributed by atoms with van der Waals surface area (Å²) in [6, 6.07) is 9.04. The van der Waals surface area contributed by atoms with E-state index in [4.69, 9.17) is 25.8 Å². The van der Waals surface area contributed by atoms with Crippen molar-refractivity contribution < 1.29 is 33.7 Å². The van der Waals surface area contributed by atoms with Crippen LogP contribution in [-0.4, -0.2) is 67.7 Å². The van der Waals surface area contributed by atoms with Crippen LogP contribution in [0.2, 0.25) is 5.02 Å². The van der Waals surface area contributed by atoms with Gasteiger partial charge in [-0.3, -0.25) is 14.4 Å². The molecule has 10 heteroatoms. The molecule has 9 nitrogen and oxygen atoms in total. The van der Waals surface area contributed by atoms with E-state index in [1.807, 2.05) is 45.9 Å². The number of hydrogen-bond acceptors (Lipinski definition) is 6. The molecule has 222 valence electrons. The summed E-state index contributed by atoms with van der Waals surface area (Å²) in [4.78, 5) is 42.4. The van der Waals surface area contributed by atoms with E-state index >= 15 is 0 Å². The van der Waals surface area contributed by atoms with Crippen LogP contribution in [0, 0.1) is 18.3 Å². The summed E-state index contributed by atoms with van der Waals surface area (Å²) in [7, 11) is 3.16. The van der Waals surface area contributed by atoms with Crippen molar-refractivity contribution in [2.75, 3.05) is 38.8 Å². The fraction of sp³-hybridized carbons (Fsp3) is 0.516. The Bertz CT molecular complexity index is 1310. The summed E-state index contributed by atoms with van der Waals surface area (Å²) in [6.45, 7) is 9.06. The van der Waals surface area contributed by atoms with E-state index in [1.54, 1.807) is 36.2 Å². The van der Waals surface area contributed by atoms with Crippen molar-refractivity contribution in [3.8, 4) is 11.5 Å². The van der Waals surface area contributed by atoms with Crippen LogP contribution in [0.3, 0.4) is 0 Å². The molecule has 0 spiro atoms. The first kappa shape index (κ1) is 30.7. The lowest BCUT2D eigenvalue weighted by Crippen LogP contribution is -2.47. The largest absolute Gasteiger partial charge is 0.496 e. The standard InChI is InChI=1S/C31H39ClN2O7/c1-18-24(39-5)10-8-21(27(18)40-6)28-22-15-20(32)7-9-23(22)34(17-31(2,3)4)29(36)25(41-28)16-26(35)33-13-11-19(12-14-33)30(37)38/h7-10,15,19,25,28H,11-14,16-17H2,1-6H3,(H,37,38). The molecule has 2 aliphatic rings. The van der Waals surface area contributed by atoms with Crippen molar-refractivity contribution in [2.45, 2.75) is 59.2 Å². The molecular formula is C31H39ClN2O7. The number of benzene rings is 2. The number of carbonyl (C=O) groups excluding carboxylic acids is 2. The summed E-state index contributed by atoms with van der Waals surface area (Å²) >= 11 is 6.50. The van der Waals surface area contributed by atoms with Crippen molar-refractivity contribution in [3.63, 3.8) is 0 Å². The Hall–Kier alpha value is -3.30. The van der Waals surface area contributed by atoms with Gasteiger partial charge in [-0.2, -0.15) is 0 Å². The van der Waals surface area contributed by atoms with E-state index in [9.17, 15) is 19.5 Å². The zero-order chi connectivity index (χ0) is 30.1. The molecule has 2 heterocycles. The van der Waals surface area contributed by atoms with Gasteiger partial charge in [-0.05, 0) is 55.5 Å². The highest BCUT2D eigenvalue weighted by Gasteiger charge is 2.41. The number of rotatable bonds is 7. The van der Waals surface area contributed by atoms with E-state index in [1.165, 1.54) is 0 Å². The number of ether oxygens (including phenoxy) is 3. The Labute approximate surface area is 246 Å². The predicted molar refractivity (Wildman–Crippen MR) is 156 cm³/mol. The van der Waals surface area contributed by atoms with Crippen molar-refractivity contribution in [1.82, 2.24) is 4.90 Å². The van der Waals surface area contributed by atoms with Gasteiger partial charge in [0, 0.05) is 47.0 Å². The fourth-order valence-corrected chi connectivity index (χ4v) is 5.82. The Morgan fingerprint density at radius 1 is 1.07 bits per heavy atom. The average molecular weight is 587 g/mol. The first-order valence-electron chi connectivity index (χ1n) is 13.8. The maximum absolute atomic E-state index is 14.2. The van der Waals surface area contributed by atoms with Crippen LogP contribution in [0.15, 0.2) is 30.3 Å². The quantitative estimate of drug-likeness (QED) is 0.472. The molecule has 2 aromatic carbocycles. The van der Waals surface area contributed by atoms with Crippen LogP contribution < -0.4 is 14.4 Å². The number of aliphatic carboxylic acids is 1. The van der Waals surface area contributed by atoms with Gasteiger partial charge >= 0.3 is 5.97 Å². The Morgan fingerprint density at radius 2 is 1.76 bits per heavy atom. The number of carboxylic acids is 1. The molecule has 41 heavy (non-hydrogen) atoms. The monoisotopic (exact) mass is 586 g/mol. The van der Waals surface area contributed by atoms with Crippen molar-refractivity contribution >= 4 is 35.1 Å². The van der Waals surface area contributed by atoms with E-state index in [0.717, 1.165) is 5.56 Å². The van der Waals surface area contributed by atoms with E-state index in [0.29, 0.717) is 65.8 Å². The molecule has 1 N–H and O–H groups in total. The third kappa shape index (κ3) is 6.62. The molecule has 1 saturated heterocycles. The number of fused-ring (bicyclic) bond motifs is 1. The number of amides is 2. The fourth-order valence-electron chi connectivity index (χ4n) is 5.64. The summed E-state index contributed by atoms with van der Waals surface area (Å²) in [5.74, 6) is -0.676. The predicted octanol–water partition coefficient (Wildman–Crippen LogP) is 5.25. The Kier molecular flexibility index (Phi) is 9.19.